The molecule has 7 nitrogen and oxygen atoms in total. The van der Waals surface area contributed by atoms with E-state index in [1.54, 1.807) is 13.1 Å². The van der Waals surface area contributed by atoms with Crippen LogP contribution in [0.2, 0.25) is 0 Å². The monoisotopic (exact) mass is 505 g/mol. The smallest absolute Gasteiger partial charge is 0.266 e. The first kappa shape index (κ1) is 23.8. The SMILES string of the molecule is Cn1c(=O)c(C2CCS(=O)(=NC3CC3)CC2)cc2c(NCc3cccc(C(F)F)c3F)ncnc21. The van der Waals surface area contributed by atoms with E-state index in [2.05, 4.69) is 19.6 Å². The van der Waals surface area contributed by atoms with Crippen LogP contribution in [0.1, 0.15) is 54.7 Å². The van der Waals surface area contributed by atoms with Crippen LogP contribution >= 0.6 is 0 Å². The average molecular weight is 506 g/mol. The van der Waals surface area contributed by atoms with Crippen molar-refractivity contribution in [3.05, 3.63) is 63.5 Å². The van der Waals surface area contributed by atoms with Crippen molar-refractivity contribution in [2.24, 2.45) is 11.4 Å². The number of alkyl halides is 2. The van der Waals surface area contributed by atoms with Gasteiger partial charge in [-0.2, -0.15) is 0 Å². The van der Waals surface area contributed by atoms with Crippen LogP contribution in [0.15, 0.2) is 39.8 Å². The van der Waals surface area contributed by atoms with E-state index in [9.17, 15) is 22.2 Å². The molecular weight excluding hydrogens is 479 g/mol. The van der Waals surface area contributed by atoms with Gasteiger partial charge in [0.25, 0.3) is 12.0 Å². The van der Waals surface area contributed by atoms with Gasteiger partial charge < -0.3 is 5.32 Å². The van der Waals surface area contributed by atoms with Crippen LogP contribution in [-0.4, -0.2) is 36.3 Å². The highest BCUT2D eigenvalue weighted by Gasteiger charge is 2.30. The maximum atomic E-state index is 14.5. The van der Waals surface area contributed by atoms with Crippen LogP contribution in [0.5, 0.6) is 0 Å². The van der Waals surface area contributed by atoms with Gasteiger partial charge in [-0.05, 0) is 37.7 Å². The number of pyridine rings is 1. The number of anilines is 1. The molecule has 0 atom stereocenters. The molecule has 5 rings (SSSR count). The Kier molecular flexibility index (Phi) is 6.29. The number of nitrogens with zero attached hydrogens (tertiary/aromatic N) is 4. The highest BCUT2D eigenvalue weighted by Crippen LogP contribution is 2.33. The van der Waals surface area contributed by atoms with Crippen LogP contribution in [0.3, 0.4) is 0 Å². The van der Waals surface area contributed by atoms with Crippen LogP contribution in [0, 0.1) is 5.82 Å². The minimum atomic E-state index is -2.91. The molecule has 1 saturated carbocycles. The van der Waals surface area contributed by atoms with Gasteiger partial charge in [0.05, 0.1) is 17.0 Å². The molecule has 186 valence electrons. The first-order valence-electron chi connectivity index (χ1n) is 11.6. The molecule has 11 heteroatoms. The van der Waals surface area contributed by atoms with Crippen molar-refractivity contribution >= 4 is 26.6 Å². The van der Waals surface area contributed by atoms with E-state index < -0.39 is 27.5 Å². The van der Waals surface area contributed by atoms with E-state index in [0.717, 1.165) is 18.9 Å². The number of halogens is 3. The van der Waals surface area contributed by atoms with Crippen LogP contribution in [0.4, 0.5) is 19.0 Å². The summed E-state index contributed by atoms with van der Waals surface area (Å²) in [6.45, 7) is -0.0646. The fourth-order valence-electron chi connectivity index (χ4n) is 4.58. The zero-order chi connectivity index (χ0) is 24.7. The first-order chi connectivity index (χ1) is 16.8. The van der Waals surface area contributed by atoms with Crippen LogP contribution in [0.25, 0.3) is 11.0 Å². The summed E-state index contributed by atoms with van der Waals surface area (Å²) in [6.07, 6.45) is 1.63. The molecule has 0 spiro atoms. The number of aromatic nitrogens is 3. The number of fused-ring (bicyclic) bond motifs is 1. The lowest BCUT2D eigenvalue weighted by molar-refractivity contribution is 0.146. The summed E-state index contributed by atoms with van der Waals surface area (Å²) in [4.78, 5) is 21.6. The molecule has 3 aromatic rings. The average Bonchev–Trinajstić information content (AvgIpc) is 3.64. The number of nitrogens with one attached hydrogen (secondary N) is 1. The third-order valence-electron chi connectivity index (χ3n) is 6.72. The van der Waals surface area contributed by atoms with Crippen molar-refractivity contribution in [1.82, 2.24) is 14.5 Å². The zero-order valence-electron chi connectivity index (χ0n) is 19.2. The molecule has 35 heavy (non-hydrogen) atoms. The Morgan fingerprint density at radius 1 is 1.20 bits per heavy atom. The molecule has 0 bridgehead atoms. The summed E-state index contributed by atoms with van der Waals surface area (Å²) in [6, 6.07) is 5.88. The second-order valence-electron chi connectivity index (χ2n) is 9.19. The maximum absolute atomic E-state index is 14.5. The van der Waals surface area contributed by atoms with Gasteiger partial charge in [-0.1, -0.05) is 18.2 Å². The lowest BCUT2D eigenvalue weighted by atomic mass is 9.94. The molecule has 0 amide bonds. The van der Waals surface area contributed by atoms with E-state index in [1.165, 1.54) is 23.0 Å². The van der Waals surface area contributed by atoms with Crippen molar-refractivity contribution in [1.29, 1.82) is 0 Å². The minimum Gasteiger partial charge on any atom is -0.365 e. The minimum absolute atomic E-state index is 0.0599. The predicted molar refractivity (Wildman–Crippen MR) is 129 cm³/mol. The topological polar surface area (TPSA) is 89.2 Å². The number of benzene rings is 1. The lowest BCUT2D eigenvalue weighted by Crippen LogP contribution is -2.29. The van der Waals surface area contributed by atoms with Crippen molar-refractivity contribution in [2.45, 2.75) is 50.6 Å². The van der Waals surface area contributed by atoms with Gasteiger partial charge in [-0.3, -0.25) is 9.36 Å². The van der Waals surface area contributed by atoms with Gasteiger partial charge in [-0.15, -0.1) is 0 Å². The Labute approximate surface area is 201 Å². The summed E-state index contributed by atoms with van der Waals surface area (Å²) < 4.78 is 59.6. The molecule has 3 heterocycles. The molecule has 0 unspecified atom stereocenters. The lowest BCUT2D eigenvalue weighted by Gasteiger charge is -2.25. The Morgan fingerprint density at radius 3 is 2.63 bits per heavy atom. The number of rotatable bonds is 6. The molecular formula is C24H26F3N5O2S. The van der Waals surface area contributed by atoms with Crippen molar-refractivity contribution < 1.29 is 17.4 Å². The summed E-state index contributed by atoms with van der Waals surface area (Å²) in [5.41, 5.74) is 0.262. The zero-order valence-corrected chi connectivity index (χ0v) is 20.0. The molecule has 1 aromatic carbocycles. The van der Waals surface area contributed by atoms with E-state index in [4.69, 9.17) is 0 Å². The second kappa shape index (κ2) is 9.25. The fraction of sp³-hybridized carbons (Fsp3) is 0.458. The molecule has 2 aliphatic rings. The van der Waals surface area contributed by atoms with E-state index in [0.29, 0.717) is 46.8 Å². The quantitative estimate of drug-likeness (QED) is 0.532. The van der Waals surface area contributed by atoms with E-state index in [-0.39, 0.29) is 29.6 Å². The van der Waals surface area contributed by atoms with Crippen molar-refractivity contribution in [2.75, 3.05) is 16.8 Å². The number of hydrogen-bond donors (Lipinski definition) is 1. The normalized spacial score (nSPS) is 22.5. The molecule has 2 aromatic heterocycles. The van der Waals surface area contributed by atoms with Crippen LogP contribution in [-0.2, 0) is 23.3 Å². The van der Waals surface area contributed by atoms with E-state index in [1.807, 2.05) is 0 Å². The molecule has 1 aliphatic carbocycles. The molecule has 1 aliphatic heterocycles. The first-order valence-corrected chi connectivity index (χ1v) is 13.5. The van der Waals surface area contributed by atoms with Gasteiger partial charge in [-0.25, -0.2) is 31.7 Å². The van der Waals surface area contributed by atoms with Gasteiger partial charge in [0.1, 0.15) is 23.6 Å². The van der Waals surface area contributed by atoms with Crippen molar-refractivity contribution in [3.63, 3.8) is 0 Å². The summed E-state index contributed by atoms with van der Waals surface area (Å²) in [5, 5.41) is 3.59. The molecule has 0 radical (unpaired) electrons. The Morgan fingerprint density at radius 2 is 1.94 bits per heavy atom. The van der Waals surface area contributed by atoms with Gasteiger partial charge in [0.2, 0.25) is 0 Å². The second-order valence-corrected chi connectivity index (χ2v) is 11.8. The van der Waals surface area contributed by atoms with Gasteiger partial charge >= 0.3 is 0 Å². The molecule has 1 N–H and O–H groups in total. The molecule has 1 saturated heterocycles. The summed E-state index contributed by atoms with van der Waals surface area (Å²) >= 11 is 0. The standard InChI is InChI=1S/C24H26F3N5O2S/c1-32-23-19(11-18(24(32)33)14-7-9-35(34,10-8-14)31-16-5-6-16)22(29-13-30-23)28-12-15-3-2-4-17(20(15)25)21(26)27/h2-4,11,13-14,16,21H,5-10,12H2,1H3,(H,28,29,30). The fourth-order valence-corrected chi connectivity index (χ4v) is 7.05. The van der Waals surface area contributed by atoms with E-state index >= 15 is 0 Å². The highest BCUT2D eigenvalue weighted by molar-refractivity contribution is 7.93. The largest absolute Gasteiger partial charge is 0.365 e. The van der Waals surface area contributed by atoms with Crippen molar-refractivity contribution in [3.8, 4) is 0 Å². The Hall–Kier alpha value is -2.95. The van der Waals surface area contributed by atoms with Crippen LogP contribution < -0.4 is 10.9 Å². The number of hydrogen-bond acceptors (Lipinski definition) is 6. The third kappa shape index (κ3) is 4.78. The van der Waals surface area contributed by atoms with Gasteiger partial charge in [0, 0.05) is 46.0 Å². The summed E-state index contributed by atoms with van der Waals surface area (Å²) in [7, 11) is -0.574. The predicted octanol–water partition coefficient (Wildman–Crippen LogP) is 4.53. The highest BCUT2D eigenvalue weighted by atomic mass is 32.2. The summed E-state index contributed by atoms with van der Waals surface area (Å²) in [5.74, 6) is 0.313. The molecule has 2 fully saturated rings. The van der Waals surface area contributed by atoms with Gasteiger partial charge in [0.15, 0.2) is 0 Å². The maximum Gasteiger partial charge on any atom is 0.266 e. The Bertz CT molecular complexity index is 1450. The Balaban J connectivity index is 1.44. The third-order valence-corrected chi connectivity index (χ3v) is 9.15. The number of aryl methyl sites for hydroxylation is 1.